The zero-order valence-corrected chi connectivity index (χ0v) is 14.0. The highest BCUT2D eigenvalue weighted by Gasteiger charge is 2.15. The third-order valence-electron chi connectivity index (χ3n) is 2.49. The first kappa shape index (κ1) is 18.8. The van der Waals surface area contributed by atoms with E-state index >= 15 is 0 Å². The number of anilines is 1. The second kappa shape index (κ2) is 8.99. The van der Waals surface area contributed by atoms with E-state index in [1.807, 2.05) is 0 Å². The number of carbonyl (C=O) groups excluding carboxylic acids is 2. The predicted molar refractivity (Wildman–Crippen MR) is 85.4 cm³/mol. The first-order valence-electron chi connectivity index (χ1n) is 7.33. The Balaban J connectivity index is 2.19. The average molecular weight is 327 g/mol. The molecule has 0 spiro atoms. The Bertz CT molecular complexity index is 510. The first-order valence-corrected chi connectivity index (χ1v) is 7.33. The standard InChI is InChI=1S/C14H25N5O4/c1-14(2,3)23-13(21)16-6-5-15-12(20)18-11-9-17-19(10-11)7-8-22-4/h9-10H,5-8H2,1-4H3,(H,16,21)(H2,15,18,20). The lowest BCUT2D eigenvalue weighted by molar-refractivity contribution is 0.0528. The number of hydrogen-bond acceptors (Lipinski definition) is 5. The molecule has 9 heteroatoms. The normalized spacial score (nSPS) is 11.0. The fourth-order valence-corrected chi connectivity index (χ4v) is 1.57. The monoisotopic (exact) mass is 327 g/mol. The molecule has 1 aromatic rings. The van der Waals surface area contributed by atoms with E-state index in [0.717, 1.165) is 0 Å². The van der Waals surface area contributed by atoms with E-state index < -0.39 is 11.7 Å². The smallest absolute Gasteiger partial charge is 0.407 e. The number of aromatic nitrogens is 2. The summed E-state index contributed by atoms with van der Waals surface area (Å²) >= 11 is 0. The molecule has 0 bridgehead atoms. The summed E-state index contributed by atoms with van der Waals surface area (Å²) in [6.07, 6.45) is 2.74. The van der Waals surface area contributed by atoms with Crippen molar-refractivity contribution in [1.82, 2.24) is 20.4 Å². The number of carbonyl (C=O) groups is 2. The second-order valence-electron chi connectivity index (χ2n) is 5.79. The van der Waals surface area contributed by atoms with Gasteiger partial charge in [0.25, 0.3) is 0 Å². The molecule has 23 heavy (non-hydrogen) atoms. The quantitative estimate of drug-likeness (QED) is 0.652. The highest BCUT2D eigenvalue weighted by molar-refractivity contribution is 5.88. The van der Waals surface area contributed by atoms with Gasteiger partial charge in [-0.3, -0.25) is 4.68 Å². The van der Waals surface area contributed by atoms with Gasteiger partial charge in [0.05, 0.1) is 25.0 Å². The lowest BCUT2D eigenvalue weighted by Gasteiger charge is -2.19. The molecule has 0 fully saturated rings. The van der Waals surface area contributed by atoms with Gasteiger partial charge in [0, 0.05) is 26.4 Å². The van der Waals surface area contributed by atoms with Crippen molar-refractivity contribution >= 4 is 17.8 Å². The minimum atomic E-state index is -0.544. The van der Waals surface area contributed by atoms with Gasteiger partial charge in [0.2, 0.25) is 0 Å². The van der Waals surface area contributed by atoms with Gasteiger partial charge in [-0.2, -0.15) is 5.10 Å². The van der Waals surface area contributed by atoms with Gasteiger partial charge in [-0.25, -0.2) is 9.59 Å². The third-order valence-corrected chi connectivity index (χ3v) is 2.49. The molecule has 1 aromatic heterocycles. The van der Waals surface area contributed by atoms with Crippen LogP contribution in [0.5, 0.6) is 0 Å². The molecule has 0 aliphatic heterocycles. The summed E-state index contributed by atoms with van der Waals surface area (Å²) in [7, 11) is 1.61. The molecule has 0 radical (unpaired) electrons. The van der Waals surface area contributed by atoms with Crippen molar-refractivity contribution in [2.24, 2.45) is 0 Å². The van der Waals surface area contributed by atoms with Crippen LogP contribution in [0.15, 0.2) is 12.4 Å². The maximum Gasteiger partial charge on any atom is 0.407 e. The largest absolute Gasteiger partial charge is 0.444 e. The third kappa shape index (κ3) is 8.67. The summed E-state index contributed by atoms with van der Waals surface area (Å²) in [5.74, 6) is 0. The molecular formula is C14H25N5O4. The van der Waals surface area contributed by atoms with Crippen LogP contribution in [0, 0.1) is 0 Å². The van der Waals surface area contributed by atoms with Crippen LogP contribution in [0.3, 0.4) is 0 Å². The van der Waals surface area contributed by atoms with E-state index in [-0.39, 0.29) is 19.1 Å². The zero-order valence-electron chi connectivity index (χ0n) is 14.0. The van der Waals surface area contributed by atoms with Gasteiger partial charge in [0.15, 0.2) is 0 Å². The van der Waals surface area contributed by atoms with Crippen molar-refractivity contribution in [3.05, 3.63) is 12.4 Å². The molecule has 1 heterocycles. The van der Waals surface area contributed by atoms with Crippen LogP contribution in [0.4, 0.5) is 15.3 Å². The molecule has 1 rings (SSSR count). The molecule has 0 aliphatic carbocycles. The van der Waals surface area contributed by atoms with Crippen molar-refractivity contribution in [3.63, 3.8) is 0 Å². The molecule has 0 aromatic carbocycles. The lowest BCUT2D eigenvalue weighted by Crippen LogP contribution is -2.39. The number of urea groups is 1. The zero-order chi connectivity index (χ0) is 17.3. The van der Waals surface area contributed by atoms with E-state index in [0.29, 0.717) is 18.8 Å². The highest BCUT2D eigenvalue weighted by atomic mass is 16.6. The average Bonchev–Trinajstić information content (AvgIpc) is 2.87. The SMILES string of the molecule is COCCn1cc(NC(=O)NCCNC(=O)OC(C)(C)C)cn1. The molecule has 130 valence electrons. The van der Waals surface area contributed by atoms with E-state index in [4.69, 9.17) is 9.47 Å². The maximum absolute atomic E-state index is 11.7. The van der Waals surface area contributed by atoms with Crippen LogP contribution in [0.2, 0.25) is 0 Å². The molecule has 3 amide bonds. The van der Waals surface area contributed by atoms with Gasteiger partial charge in [-0.05, 0) is 20.8 Å². The molecule has 3 N–H and O–H groups in total. The van der Waals surface area contributed by atoms with E-state index in [1.165, 1.54) is 0 Å². The van der Waals surface area contributed by atoms with Crippen LogP contribution in [0.25, 0.3) is 0 Å². The van der Waals surface area contributed by atoms with Crippen molar-refractivity contribution < 1.29 is 19.1 Å². The van der Waals surface area contributed by atoms with Crippen LogP contribution in [-0.4, -0.2) is 54.3 Å². The van der Waals surface area contributed by atoms with Crippen molar-refractivity contribution in [2.45, 2.75) is 32.9 Å². The fourth-order valence-electron chi connectivity index (χ4n) is 1.57. The summed E-state index contributed by atoms with van der Waals surface area (Å²) in [5.41, 5.74) is 0.0383. The summed E-state index contributed by atoms with van der Waals surface area (Å²) < 4.78 is 11.7. The van der Waals surface area contributed by atoms with Crippen molar-refractivity contribution in [2.75, 3.05) is 32.1 Å². The summed E-state index contributed by atoms with van der Waals surface area (Å²) in [6.45, 7) is 7.06. The van der Waals surface area contributed by atoms with Crippen LogP contribution in [-0.2, 0) is 16.0 Å². The van der Waals surface area contributed by atoms with Crippen LogP contribution < -0.4 is 16.0 Å². The minimum absolute atomic E-state index is 0.273. The number of methoxy groups -OCH3 is 1. The molecular weight excluding hydrogens is 302 g/mol. The number of nitrogens with one attached hydrogen (secondary N) is 3. The topological polar surface area (TPSA) is 107 Å². The Morgan fingerprint density at radius 2 is 1.96 bits per heavy atom. The molecule has 0 aliphatic rings. The van der Waals surface area contributed by atoms with E-state index in [1.54, 1.807) is 45.0 Å². The number of alkyl carbamates (subject to hydrolysis) is 1. The molecule has 0 saturated heterocycles. The summed E-state index contributed by atoms with van der Waals surface area (Å²) in [5, 5.41) is 11.9. The molecule has 9 nitrogen and oxygen atoms in total. The van der Waals surface area contributed by atoms with Gasteiger partial charge in [0.1, 0.15) is 5.60 Å². The second-order valence-corrected chi connectivity index (χ2v) is 5.79. The number of rotatable bonds is 7. The van der Waals surface area contributed by atoms with Crippen LogP contribution in [0.1, 0.15) is 20.8 Å². The number of hydrogen-bond donors (Lipinski definition) is 3. The molecule has 0 atom stereocenters. The van der Waals surface area contributed by atoms with E-state index in [2.05, 4.69) is 21.0 Å². The van der Waals surface area contributed by atoms with Crippen LogP contribution >= 0.6 is 0 Å². The molecule has 0 saturated carbocycles. The van der Waals surface area contributed by atoms with Gasteiger partial charge in [-0.15, -0.1) is 0 Å². The minimum Gasteiger partial charge on any atom is -0.444 e. The lowest BCUT2D eigenvalue weighted by atomic mass is 10.2. The van der Waals surface area contributed by atoms with E-state index in [9.17, 15) is 9.59 Å². The Morgan fingerprint density at radius 1 is 1.26 bits per heavy atom. The van der Waals surface area contributed by atoms with Crippen molar-refractivity contribution in [3.8, 4) is 0 Å². The Labute approximate surface area is 135 Å². The van der Waals surface area contributed by atoms with Gasteiger partial charge >= 0.3 is 12.1 Å². The van der Waals surface area contributed by atoms with Crippen molar-refractivity contribution in [1.29, 1.82) is 0 Å². The fraction of sp³-hybridized carbons (Fsp3) is 0.643. The van der Waals surface area contributed by atoms with Gasteiger partial charge < -0.3 is 25.4 Å². The summed E-state index contributed by atoms with van der Waals surface area (Å²) in [6, 6.07) is -0.373. The predicted octanol–water partition coefficient (Wildman–Crippen LogP) is 1.18. The first-order chi connectivity index (χ1) is 10.8. The number of nitrogens with zero attached hydrogens (tertiary/aromatic N) is 2. The summed E-state index contributed by atoms with van der Waals surface area (Å²) in [4.78, 5) is 23.1. The highest BCUT2D eigenvalue weighted by Crippen LogP contribution is 2.06. The van der Waals surface area contributed by atoms with Gasteiger partial charge in [-0.1, -0.05) is 0 Å². The maximum atomic E-state index is 11.7. The Kier molecular flexibility index (Phi) is 7.33. The number of amides is 3. The Morgan fingerprint density at radius 3 is 2.61 bits per heavy atom. The molecule has 0 unspecified atom stereocenters. The Hall–Kier alpha value is -2.29. The number of ether oxygens (including phenoxy) is 2.